The lowest BCUT2D eigenvalue weighted by Gasteiger charge is -2.16. The number of nitrogens with one attached hydrogen (secondary N) is 1. The maximum Gasteiger partial charge on any atom is 0.158 e. The number of thiophene rings is 1. The molecular formula is C14H25NO2S. The van der Waals surface area contributed by atoms with Gasteiger partial charge in [-0.15, -0.1) is 11.3 Å². The Labute approximate surface area is 114 Å². The molecule has 0 aliphatic heterocycles. The number of aryl methyl sites for hydroxylation is 2. The molecule has 0 atom stereocenters. The lowest BCUT2D eigenvalue weighted by Crippen LogP contribution is -2.24. The fourth-order valence-electron chi connectivity index (χ4n) is 1.75. The molecule has 0 radical (unpaired) electrons. The minimum Gasteiger partial charge on any atom is -0.353 e. The van der Waals surface area contributed by atoms with Crippen LogP contribution in [-0.4, -0.2) is 26.0 Å². The smallest absolute Gasteiger partial charge is 0.158 e. The minimum absolute atomic E-state index is 0.0701. The van der Waals surface area contributed by atoms with Crippen LogP contribution >= 0.6 is 11.3 Å². The lowest BCUT2D eigenvalue weighted by molar-refractivity contribution is -0.138. The topological polar surface area (TPSA) is 30.5 Å². The molecule has 0 unspecified atom stereocenters. The molecule has 4 heteroatoms. The second-order valence-electron chi connectivity index (χ2n) is 4.26. The van der Waals surface area contributed by atoms with Gasteiger partial charge in [-0.3, -0.25) is 0 Å². The molecule has 3 nitrogen and oxygen atoms in total. The molecule has 0 aliphatic carbocycles. The van der Waals surface area contributed by atoms with Gasteiger partial charge in [0.05, 0.1) is 0 Å². The van der Waals surface area contributed by atoms with Crippen LogP contribution in [0, 0.1) is 13.8 Å². The summed E-state index contributed by atoms with van der Waals surface area (Å²) in [6.07, 6.45) is 0.824. The Morgan fingerprint density at radius 1 is 1.22 bits per heavy atom. The highest BCUT2D eigenvalue weighted by Crippen LogP contribution is 2.20. The molecule has 1 N–H and O–H groups in total. The zero-order valence-corrected chi connectivity index (χ0v) is 12.7. The molecule has 1 rings (SSSR count). The van der Waals surface area contributed by atoms with E-state index in [9.17, 15) is 0 Å². The van der Waals surface area contributed by atoms with E-state index in [0.717, 1.165) is 19.5 Å². The van der Waals surface area contributed by atoms with E-state index < -0.39 is 0 Å². The van der Waals surface area contributed by atoms with Gasteiger partial charge in [0.2, 0.25) is 0 Å². The number of hydrogen-bond donors (Lipinski definition) is 1. The Bertz CT molecular complexity index is 313. The predicted octanol–water partition coefficient (Wildman–Crippen LogP) is 3.24. The Kier molecular flexibility index (Phi) is 7.51. The predicted molar refractivity (Wildman–Crippen MR) is 77.2 cm³/mol. The van der Waals surface area contributed by atoms with Crippen LogP contribution in [-0.2, 0) is 16.0 Å². The van der Waals surface area contributed by atoms with E-state index in [2.05, 4.69) is 25.2 Å². The van der Waals surface area contributed by atoms with Gasteiger partial charge in [-0.2, -0.15) is 0 Å². The summed E-state index contributed by atoms with van der Waals surface area (Å²) in [5.41, 5.74) is 1.39. The summed E-state index contributed by atoms with van der Waals surface area (Å²) in [6, 6.07) is 2.26. The van der Waals surface area contributed by atoms with Gasteiger partial charge in [-0.05, 0) is 39.3 Å². The summed E-state index contributed by atoms with van der Waals surface area (Å²) in [4.78, 5) is 2.81. The zero-order valence-electron chi connectivity index (χ0n) is 11.9. The first-order chi connectivity index (χ1) is 8.67. The quantitative estimate of drug-likeness (QED) is 0.552. The van der Waals surface area contributed by atoms with E-state index >= 15 is 0 Å². The normalized spacial score (nSPS) is 11.4. The molecule has 1 heterocycles. The van der Waals surface area contributed by atoms with E-state index in [-0.39, 0.29) is 6.29 Å². The summed E-state index contributed by atoms with van der Waals surface area (Å²) in [5.74, 6) is 0. The van der Waals surface area contributed by atoms with Crippen molar-refractivity contribution < 1.29 is 9.47 Å². The summed E-state index contributed by atoms with van der Waals surface area (Å²) >= 11 is 1.87. The average molecular weight is 271 g/mol. The third-order valence-electron chi connectivity index (χ3n) is 2.78. The van der Waals surface area contributed by atoms with Crippen molar-refractivity contribution in [3.8, 4) is 0 Å². The highest BCUT2D eigenvalue weighted by Gasteiger charge is 2.07. The van der Waals surface area contributed by atoms with Crippen molar-refractivity contribution in [1.82, 2.24) is 5.32 Å². The van der Waals surface area contributed by atoms with Crippen molar-refractivity contribution in [2.45, 2.75) is 47.0 Å². The Morgan fingerprint density at radius 3 is 2.39 bits per heavy atom. The largest absolute Gasteiger partial charge is 0.353 e. The summed E-state index contributed by atoms with van der Waals surface area (Å²) in [6.45, 7) is 11.6. The average Bonchev–Trinajstić information content (AvgIpc) is 2.65. The van der Waals surface area contributed by atoms with Crippen molar-refractivity contribution in [3.05, 3.63) is 21.4 Å². The first-order valence-electron chi connectivity index (χ1n) is 6.67. The molecule has 0 aliphatic rings. The maximum absolute atomic E-state index is 5.50. The fraction of sp³-hybridized carbons (Fsp3) is 0.714. The van der Waals surface area contributed by atoms with Gasteiger partial charge >= 0.3 is 0 Å². The van der Waals surface area contributed by atoms with E-state index in [1.165, 1.54) is 15.3 Å². The molecule has 18 heavy (non-hydrogen) atoms. The highest BCUT2D eigenvalue weighted by atomic mass is 32.1. The van der Waals surface area contributed by atoms with E-state index in [0.29, 0.717) is 13.2 Å². The van der Waals surface area contributed by atoms with Crippen molar-refractivity contribution >= 4 is 11.3 Å². The van der Waals surface area contributed by atoms with Crippen molar-refractivity contribution in [1.29, 1.82) is 0 Å². The van der Waals surface area contributed by atoms with Gasteiger partial charge in [0, 0.05) is 42.5 Å². The molecule has 0 spiro atoms. The van der Waals surface area contributed by atoms with Crippen molar-refractivity contribution in [3.63, 3.8) is 0 Å². The monoisotopic (exact) mass is 271 g/mol. The molecule has 104 valence electrons. The molecule has 0 saturated heterocycles. The summed E-state index contributed by atoms with van der Waals surface area (Å²) in [7, 11) is 0. The van der Waals surface area contributed by atoms with Gasteiger partial charge in [0.15, 0.2) is 6.29 Å². The molecule has 0 fully saturated rings. The third kappa shape index (κ3) is 5.48. The Hall–Kier alpha value is -0.420. The molecular weight excluding hydrogens is 246 g/mol. The first kappa shape index (κ1) is 15.6. The SMILES string of the molecule is CCOC(CCNCc1cc(C)c(C)s1)OCC. The first-order valence-corrected chi connectivity index (χ1v) is 7.48. The van der Waals surface area contributed by atoms with Gasteiger partial charge in [-0.25, -0.2) is 0 Å². The van der Waals surface area contributed by atoms with Crippen LogP contribution in [0.4, 0.5) is 0 Å². The zero-order chi connectivity index (χ0) is 13.4. The van der Waals surface area contributed by atoms with Crippen molar-refractivity contribution in [2.24, 2.45) is 0 Å². The van der Waals surface area contributed by atoms with Crippen molar-refractivity contribution in [2.75, 3.05) is 19.8 Å². The summed E-state index contributed by atoms with van der Waals surface area (Å²) in [5, 5.41) is 3.44. The molecule has 1 aromatic heterocycles. The highest BCUT2D eigenvalue weighted by molar-refractivity contribution is 7.12. The van der Waals surface area contributed by atoms with Gasteiger partial charge in [-0.1, -0.05) is 0 Å². The van der Waals surface area contributed by atoms with Crippen LogP contribution in [0.5, 0.6) is 0 Å². The van der Waals surface area contributed by atoms with Crippen LogP contribution < -0.4 is 5.32 Å². The Morgan fingerprint density at radius 2 is 1.89 bits per heavy atom. The van der Waals surface area contributed by atoms with Crippen LogP contribution in [0.2, 0.25) is 0 Å². The third-order valence-corrected chi connectivity index (χ3v) is 3.93. The molecule has 0 saturated carbocycles. The van der Waals surface area contributed by atoms with Gasteiger partial charge in [0.25, 0.3) is 0 Å². The second-order valence-corrected chi connectivity index (χ2v) is 5.60. The van der Waals surface area contributed by atoms with Crippen LogP contribution in [0.15, 0.2) is 6.07 Å². The Balaban J connectivity index is 2.20. The van der Waals surface area contributed by atoms with Crippen LogP contribution in [0.1, 0.15) is 35.6 Å². The van der Waals surface area contributed by atoms with Crippen LogP contribution in [0.3, 0.4) is 0 Å². The molecule has 0 amide bonds. The second kappa shape index (κ2) is 8.64. The fourth-order valence-corrected chi connectivity index (χ4v) is 2.78. The van der Waals surface area contributed by atoms with Crippen LogP contribution in [0.25, 0.3) is 0 Å². The number of rotatable bonds is 9. The standard InChI is InChI=1S/C14H25NO2S/c1-5-16-14(17-6-2)7-8-15-10-13-9-11(3)12(4)18-13/h9,14-15H,5-8,10H2,1-4H3. The maximum atomic E-state index is 5.50. The number of hydrogen-bond acceptors (Lipinski definition) is 4. The minimum atomic E-state index is -0.0701. The van der Waals surface area contributed by atoms with E-state index in [1.54, 1.807) is 0 Å². The number of ether oxygens (including phenoxy) is 2. The van der Waals surface area contributed by atoms with E-state index in [1.807, 2.05) is 25.2 Å². The molecule has 0 aromatic carbocycles. The summed E-state index contributed by atoms with van der Waals surface area (Å²) < 4.78 is 11.0. The van der Waals surface area contributed by atoms with Gasteiger partial charge < -0.3 is 14.8 Å². The molecule has 0 bridgehead atoms. The lowest BCUT2D eigenvalue weighted by atomic mass is 10.3. The molecule has 1 aromatic rings. The van der Waals surface area contributed by atoms with E-state index in [4.69, 9.17) is 9.47 Å². The van der Waals surface area contributed by atoms with Gasteiger partial charge in [0.1, 0.15) is 0 Å².